The Hall–Kier alpha value is -0.860. The first-order valence-electron chi connectivity index (χ1n) is 3.23. The van der Waals surface area contributed by atoms with Crippen LogP contribution in [0.25, 0.3) is 0 Å². The Kier molecular flexibility index (Phi) is 5.72. The van der Waals surface area contributed by atoms with E-state index in [2.05, 4.69) is 4.74 Å². The van der Waals surface area contributed by atoms with Gasteiger partial charge in [-0.2, -0.15) is 0 Å². The Morgan fingerprint density at radius 3 is 2.70 bits per heavy atom. The van der Waals surface area contributed by atoms with E-state index >= 15 is 0 Å². The minimum Gasteiger partial charge on any atom is -0.469 e. The summed E-state index contributed by atoms with van der Waals surface area (Å²) in [7, 11) is 1.36. The van der Waals surface area contributed by atoms with Gasteiger partial charge in [-0.25, -0.2) is 0 Å². The van der Waals surface area contributed by atoms with Gasteiger partial charge in [0.25, 0.3) is 0 Å². The molecule has 0 bridgehead atoms. The Morgan fingerprint density at radius 1 is 1.50 bits per heavy atom. The normalized spacial score (nSPS) is 8.90. The van der Waals surface area contributed by atoms with Crippen molar-refractivity contribution in [3.63, 3.8) is 0 Å². The van der Waals surface area contributed by atoms with Gasteiger partial charge in [0.05, 0.1) is 7.11 Å². The summed E-state index contributed by atoms with van der Waals surface area (Å²) in [5.41, 5.74) is 0. The first-order valence-corrected chi connectivity index (χ1v) is 3.23. The lowest BCUT2D eigenvalue weighted by Gasteiger charge is -1.95. The van der Waals surface area contributed by atoms with Crippen LogP contribution >= 0.6 is 0 Å². The monoisotopic (exact) mass is 143 g/mol. The second-order valence-electron chi connectivity index (χ2n) is 1.93. The van der Waals surface area contributed by atoms with E-state index in [0.717, 1.165) is 6.42 Å². The fraction of sp³-hybridized carbons (Fsp3) is 0.714. The van der Waals surface area contributed by atoms with Crippen molar-refractivity contribution in [3.8, 4) is 0 Å². The molecule has 0 spiro atoms. The Bertz CT molecular complexity index is 109. The van der Waals surface area contributed by atoms with E-state index in [1.54, 1.807) is 6.29 Å². The average molecular weight is 143 g/mol. The van der Waals surface area contributed by atoms with Gasteiger partial charge >= 0.3 is 5.97 Å². The van der Waals surface area contributed by atoms with Gasteiger partial charge < -0.3 is 4.74 Å². The zero-order chi connectivity index (χ0) is 7.82. The van der Waals surface area contributed by atoms with Gasteiger partial charge in [-0.05, 0) is 12.8 Å². The van der Waals surface area contributed by atoms with Crippen LogP contribution in [-0.4, -0.2) is 19.4 Å². The van der Waals surface area contributed by atoms with E-state index in [9.17, 15) is 9.59 Å². The van der Waals surface area contributed by atoms with Crippen molar-refractivity contribution in [1.29, 1.82) is 0 Å². The summed E-state index contributed by atoms with van der Waals surface area (Å²) >= 11 is 0. The number of carbonyl (C=O) groups excluding carboxylic acids is 2. The van der Waals surface area contributed by atoms with Crippen molar-refractivity contribution in [3.05, 3.63) is 0 Å². The van der Waals surface area contributed by atoms with Gasteiger partial charge in [0.2, 0.25) is 0 Å². The third-order valence-corrected chi connectivity index (χ3v) is 1.14. The number of hydrogen-bond acceptors (Lipinski definition) is 3. The van der Waals surface area contributed by atoms with Crippen LogP contribution in [0, 0.1) is 0 Å². The molecule has 0 fully saturated rings. The maximum atomic E-state index is 10.5. The third-order valence-electron chi connectivity index (χ3n) is 1.14. The van der Waals surface area contributed by atoms with E-state index in [0.29, 0.717) is 19.3 Å². The number of ether oxygens (including phenoxy) is 1. The highest BCUT2D eigenvalue weighted by atomic mass is 16.5. The average Bonchev–Trinajstić information content (AvgIpc) is 1.98. The molecular formula is C7H11O3. The van der Waals surface area contributed by atoms with E-state index in [4.69, 9.17) is 0 Å². The topological polar surface area (TPSA) is 43.4 Å². The largest absolute Gasteiger partial charge is 0.469 e. The van der Waals surface area contributed by atoms with Gasteiger partial charge in [0, 0.05) is 12.8 Å². The summed E-state index contributed by atoms with van der Waals surface area (Å²) in [4.78, 5) is 20.1. The highest BCUT2D eigenvalue weighted by Gasteiger charge is 1.97. The number of unbranched alkanes of at least 4 members (excludes halogenated alkanes) is 2. The number of esters is 1. The predicted molar refractivity (Wildman–Crippen MR) is 36.2 cm³/mol. The highest BCUT2D eigenvalue weighted by molar-refractivity contribution is 5.69. The Labute approximate surface area is 60.4 Å². The second-order valence-corrected chi connectivity index (χ2v) is 1.93. The smallest absolute Gasteiger partial charge is 0.305 e. The van der Waals surface area contributed by atoms with Crippen molar-refractivity contribution in [2.24, 2.45) is 0 Å². The molecule has 0 rings (SSSR count). The molecule has 0 atom stereocenters. The van der Waals surface area contributed by atoms with Crippen molar-refractivity contribution in [1.82, 2.24) is 0 Å². The third kappa shape index (κ3) is 5.28. The summed E-state index contributed by atoms with van der Waals surface area (Å²) in [6, 6.07) is 0. The molecule has 57 valence electrons. The molecule has 0 aromatic heterocycles. The fourth-order valence-corrected chi connectivity index (χ4v) is 0.569. The molecule has 0 heterocycles. The van der Waals surface area contributed by atoms with Gasteiger partial charge in [-0.3, -0.25) is 9.59 Å². The molecule has 0 aliphatic rings. The summed E-state index contributed by atoms with van der Waals surface area (Å²) in [5, 5.41) is 0. The van der Waals surface area contributed by atoms with E-state index in [-0.39, 0.29) is 5.97 Å². The van der Waals surface area contributed by atoms with Crippen LogP contribution in [0.5, 0.6) is 0 Å². The number of rotatable bonds is 5. The van der Waals surface area contributed by atoms with Crippen LogP contribution in [-0.2, 0) is 14.3 Å². The lowest BCUT2D eigenvalue weighted by atomic mass is 10.2. The molecule has 3 heteroatoms. The second kappa shape index (κ2) is 6.26. The van der Waals surface area contributed by atoms with Crippen LogP contribution in [0.15, 0.2) is 0 Å². The Balaban J connectivity index is 3.03. The van der Waals surface area contributed by atoms with Crippen molar-refractivity contribution in [2.75, 3.05) is 7.11 Å². The molecule has 1 radical (unpaired) electrons. The molecule has 0 aliphatic carbocycles. The molecule has 0 saturated heterocycles. The molecule has 10 heavy (non-hydrogen) atoms. The molecule has 0 unspecified atom stereocenters. The van der Waals surface area contributed by atoms with Crippen molar-refractivity contribution < 1.29 is 14.3 Å². The van der Waals surface area contributed by atoms with Crippen LogP contribution in [0.2, 0.25) is 0 Å². The standard InChI is InChI=1S/C7H11O3/c1-10-7(9)5-3-2-4-6-8/h2-5H2,1H3. The maximum Gasteiger partial charge on any atom is 0.305 e. The molecule has 0 aromatic rings. The first kappa shape index (κ1) is 9.14. The zero-order valence-corrected chi connectivity index (χ0v) is 6.05. The van der Waals surface area contributed by atoms with Crippen molar-refractivity contribution in [2.45, 2.75) is 25.7 Å². The molecule has 0 aliphatic heterocycles. The zero-order valence-electron chi connectivity index (χ0n) is 6.05. The summed E-state index contributed by atoms with van der Waals surface area (Å²) in [5.74, 6) is -0.217. The molecule has 0 N–H and O–H groups in total. The highest BCUT2D eigenvalue weighted by Crippen LogP contribution is 1.98. The van der Waals surface area contributed by atoms with Crippen LogP contribution in [0.4, 0.5) is 0 Å². The van der Waals surface area contributed by atoms with E-state index in [1.165, 1.54) is 7.11 Å². The molecular weight excluding hydrogens is 132 g/mol. The SMILES string of the molecule is COC(=O)CCCC[C]=O. The van der Waals surface area contributed by atoms with Crippen LogP contribution in [0.3, 0.4) is 0 Å². The van der Waals surface area contributed by atoms with Gasteiger partial charge in [-0.15, -0.1) is 0 Å². The number of methoxy groups -OCH3 is 1. The Morgan fingerprint density at radius 2 is 2.20 bits per heavy atom. The number of carbonyl (C=O) groups is 1. The quantitative estimate of drug-likeness (QED) is 0.423. The minimum atomic E-state index is -0.217. The lowest BCUT2D eigenvalue weighted by molar-refractivity contribution is -0.140. The van der Waals surface area contributed by atoms with Crippen LogP contribution < -0.4 is 0 Å². The minimum absolute atomic E-state index is 0.217. The maximum absolute atomic E-state index is 10.5. The molecule has 0 aromatic carbocycles. The molecule has 0 amide bonds. The van der Waals surface area contributed by atoms with Crippen molar-refractivity contribution >= 4 is 12.3 Å². The number of hydrogen-bond donors (Lipinski definition) is 0. The first-order chi connectivity index (χ1) is 4.81. The summed E-state index contributed by atoms with van der Waals surface area (Å²) in [6.45, 7) is 0. The molecule has 3 nitrogen and oxygen atoms in total. The van der Waals surface area contributed by atoms with Gasteiger partial charge in [0.15, 0.2) is 6.29 Å². The van der Waals surface area contributed by atoms with Gasteiger partial charge in [-0.1, -0.05) is 0 Å². The predicted octanol–water partition coefficient (Wildman–Crippen LogP) is 0.829. The summed E-state index contributed by atoms with van der Waals surface area (Å²) in [6.07, 6.45) is 4.00. The summed E-state index contributed by atoms with van der Waals surface area (Å²) < 4.78 is 4.39. The van der Waals surface area contributed by atoms with E-state index < -0.39 is 0 Å². The molecule has 0 saturated carbocycles. The fourth-order valence-electron chi connectivity index (χ4n) is 0.569. The van der Waals surface area contributed by atoms with E-state index in [1.807, 2.05) is 0 Å². The lowest BCUT2D eigenvalue weighted by Crippen LogP contribution is -1.99. The van der Waals surface area contributed by atoms with Gasteiger partial charge in [0.1, 0.15) is 0 Å². The van der Waals surface area contributed by atoms with Crippen LogP contribution in [0.1, 0.15) is 25.7 Å².